The number of hydrogen-bond acceptors (Lipinski definition) is 6. The molecule has 1 saturated carbocycles. The van der Waals surface area contributed by atoms with E-state index in [0.717, 1.165) is 15.9 Å². The molecule has 33 heavy (non-hydrogen) atoms. The normalized spacial score (nSPS) is 20.7. The molecule has 0 aromatic heterocycles. The maximum atomic E-state index is 14.8. The molecule has 2 aliphatic rings. The van der Waals surface area contributed by atoms with Gasteiger partial charge in [-0.1, -0.05) is 42.5 Å². The minimum Gasteiger partial charge on any atom is -0.445 e. The average Bonchev–Trinajstić information content (AvgIpc) is 3.58. The lowest BCUT2D eigenvalue weighted by atomic mass is 10.1. The number of ether oxygens (including phenoxy) is 1. The molecular weight excluding hydrogens is 453 g/mol. The van der Waals surface area contributed by atoms with Gasteiger partial charge >= 0.3 is 6.09 Å². The third-order valence-electron chi connectivity index (χ3n) is 5.84. The summed E-state index contributed by atoms with van der Waals surface area (Å²) in [6.45, 7) is -0.298. The van der Waals surface area contributed by atoms with Crippen LogP contribution in [0.3, 0.4) is 0 Å². The molecular formula is C22H24FN3O6S. The van der Waals surface area contributed by atoms with Crippen LogP contribution >= 0.6 is 0 Å². The van der Waals surface area contributed by atoms with Crippen LogP contribution in [0, 0.1) is 16.0 Å². The highest BCUT2D eigenvalue weighted by Crippen LogP contribution is 2.37. The van der Waals surface area contributed by atoms with Crippen LogP contribution < -0.4 is 0 Å². The van der Waals surface area contributed by atoms with Gasteiger partial charge in [-0.3, -0.25) is 10.1 Å². The van der Waals surface area contributed by atoms with Gasteiger partial charge in [0.2, 0.25) is 10.0 Å². The number of amides is 1. The lowest BCUT2D eigenvalue weighted by Crippen LogP contribution is -2.40. The topological polar surface area (TPSA) is 110 Å². The molecule has 1 aliphatic heterocycles. The molecule has 2 fully saturated rings. The zero-order chi connectivity index (χ0) is 23.6. The summed E-state index contributed by atoms with van der Waals surface area (Å²) in [5.41, 5.74) is 0.284. The molecule has 2 atom stereocenters. The number of carbonyl (C=O) groups excluding carboxylic acids is 1. The fraction of sp³-hybridized carbons (Fsp3) is 0.409. The van der Waals surface area contributed by atoms with Crippen molar-refractivity contribution in [1.29, 1.82) is 0 Å². The molecule has 1 amide bonds. The van der Waals surface area contributed by atoms with Gasteiger partial charge in [0.05, 0.1) is 11.5 Å². The molecule has 2 aromatic rings. The molecule has 1 saturated heterocycles. The van der Waals surface area contributed by atoms with E-state index in [4.69, 9.17) is 4.74 Å². The Hall–Kier alpha value is -3.05. The molecule has 2 aromatic carbocycles. The van der Waals surface area contributed by atoms with Crippen LogP contribution in [0.15, 0.2) is 59.5 Å². The van der Waals surface area contributed by atoms with E-state index in [1.54, 1.807) is 12.1 Å². The largest absolute Gasteiger partial charge is 0.445 e. The molecule has 4 rings (SSSR count). The van der Waals surface area contributed by atoms with E-state index >= 15 is 0 Å². The maximum absolute atomic E-state index is 14.8. The van der Waals surface area contributed by atoms with Crippen molar-refractivity contribution in [3.8, 4) is 0 Å². The number of alkyl halides is 1. The number of likely N-dealkylation sites (tertiary alicyclic amines) is 1. The van der Waals surface area contributed by atoms with Crippen LogP contribution in [-0.2, 0) is 21.4 Å². The Bertz CT molecular complexity index is 1130. The summed E-state index contributed by atoms with van der Waals surface area (Å²) in [6, 6.07) is 13.9. The molecule has 9 nitrogen and oxygen atoms in total. The highest BCUT2D eigenvalue weighted by Gasteiger charge is 2.45. The number of nitro benzene ring substituents is 1. The maximum Gasteiger partial charge on any atom is 0.410 e. The highest BCUT2D eigenvalue weighted by molar-refractivity contribution is 7.89. The smallest absolute Gasteiger partial charge is 0.410 e. The van der Waals surface area contributed by atoms with E-state index in [9.17, 15) is 27.7 Å². The molecule has 0 bridgehead atoms. The number of para-hydroxylation sites is 1. The summed E-state index contributed by atoms with van der Waals surface area (Å²) in [6.07, 6.45) is -0.890. The van der Waals surface area contributed by atoms with Gasteiger partial charge in [-0.25, -0.2) is 17.6 Å². The molecule has 0 spiro atoms. The number of carbonyl (C=O) groups is 1. The quantitative estimate of drug-likeness (QED) is 0.426. The molecule has 1 aliphatic carbocycles. The van der Waals surface area contributed by atoms with Gasteiger partial charge in [0.15, 0.2) is 4.90 Å². The number of benzene rings is 2. The van der Waals surface area contributed by atoms with E-state index < -0.39 is 43.7 Å². The zero-order valence-electron chi connectivity index (χ0n) is 17.7. The molecule has 0 radical (unpaired) electrons. The Labute approximate surface area is 191 Å². The third-order valence-corrected chi connectivity index (χ3v) is 7.81. The van der Waals surface area contributed by atoms with Crippen LogP contribution in [0.2, 0.25) is 0 Å². The summed E-state index contributed by atoms with van der Waals surface area (Å²) >= 11 is 0. The van der Waals surface area contributed by atoms with Gasteiger partial charge in [0.25, 0.3) is 5.69 Å². The zero-order valence-corrected chi connectivity index (χ0v) is 18.6. The Morgan fingerprint density at radius 1 is 1.12 bits per heavy atom. The number of rotatable bonds is 8. The Morgan fingerprint density at radius 2 is 1.79 bits per heavy atom. The standard InChI is InChI=1S/C22H24FN3O6S/c23-19-14-24(22(27)32-15-16-6-2-1-3-7-16)12-17(19)13-25(18-10-11-18)33(30,31)21-9-5-4-8-20(21)26(28)29/h1-9,17-19H,10-15H2/t17-,19+/m0/s1. The van der Waals surface area contributed by atoms with E-state index in [1.807, 2.05) is 18.2 Å². The molecule has 176 valence electrons. The van der Waals surface area contributed by atoms with E-state index in [1.165, 1.54) is 23.1 Å². The molecule has 0 N–H and O–H groups in total. The van der Waals surface area contributed by atoms with Crippen LogP contribution in [0.1, 0.15) is 18.4 Å². The third kappa shape index (κ3) is 5.14. The SMILES string of the molecule is O=C(OCc1ccccc1)N1C[C@@H](CN(C2CC2)S(=O)(=O)c2ccccc2[N+](=O)[O-])[C@H](F)C1. The lowest BCUT2D eigenvalue weighted by Gasteiger charge is -2.25. The first-order chi connectivity index (χ1) is 15.8. The minimum atomic E-state index is -4.22. The number of hydrogen-bond donors (Lipinski definition) is 0. The number of sulfonamides is 1. The lowest BCUT2D eigenvalue weighted by molar-refractivity contribution is -0.387. The van der Waals surface area contributed by atoms with Crippen molar-refractivity contribution in [3.05, 3.63) is 70.3 Å². The van der Waals surface area contributed by atoms with Gasteiger partial charge in [-0.05, 0) is 24.5 Å². The Kier molecular flexibility index (Phi) is 6.61. The first kappa shape index (κ1) is 23.1. The van der Waals surface area contributed by atoms with Crippen molar-refractivity contribution in [2.45, 2.75) is 36.6 Å². The van der Waals surface area contributed by atoms with E-state index in [0.29, 0.717) is 12.8 Å². The summed E-state index contributed by atoms with van der Waals surface area (Å²) in [5, 5.41) is 11.4. The summed E-state index contributed by atoms with van der Waals surface area (Å²) in [5.74, 6) is -0.757. The van der Waals surface area contributed by atoms with Crippen molar-refractivity contribution in [2.24, 2.45) is 5.92 Å². The molecule has 11 heteroatoms. The number of nitrogens with zero attached hydrogens (tertiary/aromatic N) is 3. The first-order valence-corrected chi connectivity index (χ1v) is 12.1. The number of halogens is 1. The second kappa shape index (κ2) is 9.44. The van der Waals surface area contributed by atoms with Gasteiger partial charge in [0, 0.05) is 31.1 Å². The van der Waals surface area contributed by atoms with Crippen LogP contribution in [0.4, 0.5) is 14.9 Å². The summed E-state index contributed by atoms with van der Waals surface area (Å²) in [7, 11) is -4.22. The van der Waals surface area contributed by atoms with Gasteiger partial charge in [-0.15, -0.1) is 0 Å². The van der Waals surface area contributed by atoms with Crippen molar-refractivity contribution in [3.63, 3.8) is 0 Å². The van der Waals surface area contributed by atoms with Crippen molar-refractivity contribution >= 4 is 21.8 Å². The average molecular weight is 478 g/mol. The first-order valence-electron chi connectivity index (χ1n) is 10.6. The Balaban J connectivity index is 1.45. The minimum absolute atomic E-state index is 0.00438. The second-order valence-electron chi connectivity index (χ2n) is 8.25. The van der Waals surface area contributed by atoms with Crippen LogP contribution in [-0.4, -0.2) is 60.5 Å². The predicted molar refractivity (Wildman–Crippen MR) is 117 cm³/mol. The van der Waals surface area contributed by atoms with Crippen LogP contribution in [0.5, 0.6) is 0 Å². The molecule has 1 heterocycles. The van der Waals surface area contributed by atoms with Gasteiger partial charge in [0.1, 0.15) is 12.8 Å². The Morgan fingerprint density at radius 3 is 2.45 bits per heavy atom. The molecule has 0 unspecified atom stereocenters. The van der Waals surface area contributed by atoms with Crippen molar-refractivity contribution in [2.75, 3.05) is 19.6 Å². The van der Waals surface area contributed by atoms with Crippen molar-refractivity contribution in [1.82, 2.24) is 9.21 Å². The highest BCUT2D eigenvalue weighted by atomic mass is 32.2. The van der Waals surface area contributed by atoms with Crippen LogP contribution in [0.25, 0.3) is 0 Å². The summed E-state index contributed by atoms with van der Waals surface area (Å²) < 4.78 is 47.9. The van der Waals surface area contributed by atoms with Crippen molar-refractivity contribution < 1.29 is 27.3 Å². The van der Waals surface area contributed by atoms with Gasteiger partial charge in [-0.2, -0.15) is 4.31 Å². The van der Waals surface area contributed by atoms with E-state index in [2.05, 4.69) is 0 Å². The fourth-order valence-electron chi connectivity index (χ4n) is 3.95. The van der Waals surface area contributed by atoms with E-state index in [-0.39, 0.29) is 32.3 Å². The van der Waals surface area contributed by atoms with Gasteiger partial charge < -0.3 is 9.64 Å². The predicted octanol–water partition coefficient (Wildman–Crippen LogP) is 3.35. The fourth-order valence-corrected chi connectivity index (χ4v) is 5.85. The summed E-state index contributed by atoms with van der Waals surface area (Å²) in [4.78, 5) is 23.9. The monoisotopic (exact) mass is 477 g/mol. The number of nitro groups is 1. The second-order valence-corrected chi connectivity index (χ2v) is 10.1.